The van der Waals surface area contributed by atoms with Crippen LogP contribution in [-0.2, 0) is 31.4 Å². The van der Waals surface area contributed by atoms with E-state index >= 15 is 0 Å². The summed E-state index contributed by atoms with van der Waals surface area (Å²) in [5.41, 5.74) is 6.22. The van der Waals surface area contributed by atoms with Crippen molar-refractivity contribution in [3.63, 3.8) is 0 Å². The van der Waals surface area contributed by atoms with Crippen LogP contribution in [0.3, 0.4) is 0 Å². The topological polar surface area (TPSA) is 22.1 Å². The van der Waals surface area contributed by atoms with Crippen molar-refractivity contribution in [3.05, 3.63) is 53.2 Å². The summed E-state index contributed by atoms with van der Waals surface area (Å²) >= 11 is 0. The molecule has 2 nitrogen and oxygen atoms in total. The number of nitrogens with zero attached hydrogens (tertiary/aromatic N) is 1. The second kappa shape index (κ2) is 6.62. The zero-order valence-electron chi connectivity index (χ0n) is 12.8. The van der Waals surface area contributed by atoms with Gasteiger partial charge >= 0.3 is 0 Å². The van der Waals surface area contributed by atoms with E-state index in [4.69, 9.17) is 4.74 Å². The Kier molecular flexibility index (Phi) is 4.77. The van der Waals surface area contributed by atoms with Crippen LogP contribution in [0.15, 0.2) is 30.3 Å². The van der Waals surface area contributed by atoms with Gasteiger partial charge in [-0.05, 0) is 30.5 Å². The maximum absolute atomic E-state index is 5.18. The molecule has 1 aromatic heterocycles. The molecule has 0 aliphatic heterocycles. The van der Waals surface area contributed by atoms with E-state index in [0.29, 0.717) is 6.61 Å². The van der Waals surface area contributed by atoms with E-state index in [0.717, 1.165) is 28.8 Å². The Labute approximate surface area is 145 Å². The van der Waals surface area contributed by atoms with Crippen LogP contribution >= 0.6 is 0 Å². The molecule has 22 heavy (non-hydrogen) atoms. The largest absolute Gasteiger partial charge is 0.378 e. The van der Waals surface area contributed by atoms with Crippen LogP contribution in [-0.4, -0.2) is 12.1 Å². The van der Waals surface area contributed by atoms with Crippen LogP contribution in [0.5, 0.6) is 0 Å². The minimum Gasteiger partial charge on any atom is -0.378 e. The fourth-order valence-corrected chi connectivity index (χ4v) is 3.95. The molecular weight excluding hydrogens is 450 g/mol. The van der Waals surface area contributed by atoms with Crippen molar-refractivity contribution in [1.82, 2.24) is 4.98 Å². The molecule has 0 spiro atoms. The van der Waals surface area contributed by atoms with Crippen molar-refractivity contribution in [2.45, 2.75) is 44.1 Å². The average molecular weight is 471 g/mol. The van der Waals surface area contributed by atoms with E-state index in [1.165, 1.54) is 25.7 Å². The summed E-state index contributed by atoms with van der Waals surface area (Å²) in [5.74, 6) is 1.54. The Balaban J connectivity index is 0.00000144. The van der Waals surface area contributed by atoms with Crippen molar-refractivity contribution in [2.75, 3.05) is 7.11 Å². The quantitative estimate of drug-likeness (QED) is 0.619. The summed E-state index contributed by atoms with van der Waals surface area (Å²) in [5, 5.41) is 0. The zero-order chi connectivity index (χ0) is 14.2. The average Bonchev–Trinajstić information content (AvgIpc) is 2.56. The number of aromatic nitrogens is 1. The Hall–Kier alpha value is -1.02. The fourth-order valence-electron chi connectivity index (χ4n) is 3.95. The van der Waals surface area contributed by atoms with Gasteiger partial charge in [-0.1, -0.05) is 30.9 Å². The molecule has 1 radical (unpaired) electrons. The number of methoxy groups -OCH3 is 1. The van der Waals surface area contributed by atoms with E-state index < -0.39 is 0 Å². The molecule has 0 atom stereocenters. The maximum atomic E-state index is 5.18. The number of rotatable bonds is 3. The van der Waals surface area contributed by atoms with Crippen LogP contribution in [0.4, 0.5) is 0 Å². The first kappa shape index (κ1) is 15.9. The molecule has 3 aliphatic rings. The van der Waals surface area contributed by atoms with E-state index in [-0.39, 0.29) is 20.1 Å². The van der Waals surface area contributed by atoms with Gasteiger partial charge in [-0.2, -0.15) is 0 Å². The minimum absolute atomic E-state index is 0. The van der Waals surface area contributed by atoms with Gasteiger partial charge < -0.3 is 4.74 Å². The molecule has 1 heterocycles. The van der Waals surface area contributed by atoms with Gasteiger partial charge in [-0.25, -0.2) is 0 Å². The van der Waals surface area contributed by atoms with Gasteiger partial charge in [-0.3, -0.25) is 4.98 Å². The van der Waals surface area contributed by atoms with Crippen molar-refractivity contribution in [2.24, 2.45) is 0 Å². The van der Waals surface area contributed by atoms with Gasteiger partial charge in [0, 0.05) is 27.2 Å². The summed E-state index contributed by atoms with van der Waals surface area (Å²) in [4.78, 5) is 4.69. The molecule has 1 fully saturated rings. The molecule has 0 N–H and O–H groups in total. The Morgan fingerprint density at radius 1 is 1.14 bits per heavy atom. The second-order valence-corrected chi connectivity index (χ2v) is 6.25. The van der Waals surface area contributed by atoms with Gasteiger partial charge in [0.25, 0.3) is 0 Å². The molecule has 2 aromatic rings. The standard InChI is InChI=1S/C19H20NO.Ir/c1-21-12-16-3-2-4-19(20-16)15-9-10-17-13-5-7-14(8-6-13)18(17)11-15;/h2-4,10-11,13-14H,5-8,12H2,1H3;/q-1;. The van der Waals surface area contributed by atoms with Crippen molar-refractivity contribution in [3.8, 4) is 11.3 Å². The second-order valence-electron chi connectivity index (χ2n) is 6.25. The van der Waals surface area contributed by atoms with Gasteiger partial charge in [-0.15, -0.1) is 34.9 Å². The van der Waals surface area contributed by atoms with E-state index in [1.54, 1.807) is 18.2 Å². The summed E-state index contributed by atoms with van der Waals surface area (Å²) in [7, 11) is 1.70. The summed E-state index contributed by atoms with van der Waals surface area (Å²) in [6.45, 7) is 0.559. The van der Waals surface area contributed by atoms with E-state index in [2.05, 4.69) is 35.3 Å². The molecule has 2 bridgehead atoms. The molecule has 3 heteroatoms. The van der Waals surface area contributed by atoms with Crippen LogP contribution in [0, 0.1) is 6.07 Å². The maximum Gasteiger partial charge on any atom is 0.0874 e. The molecule has 117 valence electrons. The van der Waals surface area contributed by atoms with Gasteiger partial charge in [0.15, 0.2) is 0 Å². The SMILES string of the molecule is COCc1cccc(-c2[c-]cc3c(c2)C2CCC3CC2)n1.[Ir]. The Morgan fingerprint density at radius 2 is 1.86 bits per heavy atom. The third-order valence-electron chi connectivity index (χ3n) is 5.00. The zero-order valence-corrected chi connectivity index (χ0v) is 15.2. The number of fused-ring (bicyclic) bond motifs is 2. The number of hydrogen-bond acceptors (Lipinski definition) is 2. The first-order chi connectivity index (χ1) is 10.3. The molecule has 3 aliphatic carbocycles. The normalized spacial score (nSPS) is 22.0. The summed E-state index contributed by atoms with van der Waals surface area (Å²) in [6.07, 6.45) is 5.45. The Bertz CT molecular complexity index is 662. The van der Waals surface area contributed by atoms with Crippen molar-refractivity contribution >= 4 is 0 Å². The van der Waals surface area contributed by atoms with Crippen molar-refractivity contribution < 1.29 is 24.8 Å². The van der Waals surface area contributed by atoms with Crippen LogP contribution in [0.25, 0.3) is 11.3 Å². The van der Waals surface area contributed by atoms with E-state index in [9.17, 15) is 0 Å². The smallest absolute Gasteiger partial charge is 0.0874 e. The van der Waals surface area contributed by atoms with Crippen molar-refractivity contribution in [1.29, 1.82) is 0 Å². The molecule has 0 unspecified atom stereocenters. The molecule has 0 saturated heterocycles. The monoisotopic (exact) mass is 471 g/mol. The predicted molar refractivity (Wildman–Crippen MR) is 83.2 cm³/mol. The number of benzene rings is 1. The number of ether oxygens (including phenoxy) is 1. The van der Waals surface area contributed by atoms with Gasteiger partial charge in [0.2, 0.25) is 0 Å². The Morgan fingerprint density at radius 3 is 2.59 bits per heavy atom. The number of hydrogen-bond donors (Lipinski definition) is 0. The minimum atomic E-state index is 0. The molecule has 0 amide bonds. The van der Waals surface area contributed by atoms with Gasteiger partial charge in [0.05, 0.1) is 12.3 Å². The molecule has 5 rings (SSSR count). The van der Waals surface area contributed by atoms with Crippen LogP contribution < -0.4 is 0 Å². The molecule has 1 saturated carbocycles. The summed E-state index contributed by atoms with van der Waals surface area (Å²) < 4.78 is 5.18. The third kappa shape index (κ3) is 2.78. The van der Waals surface area contributed by atoms with E-state index in [1.807, 2.05) is 6.07 Å². The third-order valence-corrected chi connectivity index (χ3v) is 5.00. The molecular formula is C19H20IrNO-. The first-order valence-corrected chi connectivity index (χ1v) is 7.86. The number of pyridine rings is 1. The van der Waals surface area contributed by atoms with Crippen LogP contribution in [0.1, 0.15) is 54.3 Å². The predicted octanol–water partition coefficient (Wildman–Crippen LogP) is 4.45. The fraction of sp³-hybridized carbons (Fsp3) is 0.421. The summed E-state index contributed by atoms with van der Waals surface area (Å²) in [6, 6.07) is 14.2. The van der Waals surface area contributed by atoms with Gasteiger partial charge in [0.1, 0.15) is 0 Å². The van der Waals surface area contributed by atoms with Crippen LogP contribution in [0.2, 0.25) is 0 Å². The molecule has 1 aromatic carbocycles. The first-order valence-electron chi connectivity index (χ1n) is 7.86.